The van der Waals surface area contributed by atoms with Crippen LogP contribution in [-0.2, 0) is 12.1 Å². The molecule has 1 unspecified atom stereocenters. The standard InChI is InChI=1S/C18H23F3N4O3.HI/c1-3-22-16(25-11-17(2,26)14-5-4-8-27-14)24-10-13-6-7-23-15(9-13)28-12-18(19,20)21;/h4-9,26H,3,10-12H2,1-2H3,(H2,22,24,25);1H. The van der Waals surface area contributed by atoms with Gasteiger partial charge in [0.15, 0.2) is 12.6 Å². The minimum Gasteiger partial charge on any atom is -0.468 e. The zero-order valence-corrected chi connectivity index (χ0v) is 18.3. The molecule has 0 aliphatic heterocycles. The summed E-state index contributed by atoms with van der Waals surface area (Å²) in [6, 6.07) is 6.39. The lowest BCUT2D eigenvalue weighted by atomic mass is 10.0. The molecule has 0 aliphatic carbocycles. The molecule has 0 saturated carbocycles. The average Bonchev–Trinajstić information content (AvgIpc) is 3.18. The molecule has 2 aromatic heterocycles. The lowest BCUT2D eigenvalue weighted by Crippen LogP contribution is -2.44. The fourth-order valence-electron chi connectivity index (χ4n) is 2.22. The molecule has 0 saturated heterocycles. The Morgan fingerprint density at radius 3 is 2.69 bits per heavy atom. The highest BCUT2D eigenvalue weighted by Gasteiger charge is 2.28. The molecule has 0 fully saturated rings. The van der Waals surface area contributed by atoms with Crippen molar-refractivity contribution < 1.29 is 27.4 Å². The van der Waals surface area contributed by atoms with Crippen LogP contribution in [0, 0.1) is 0 Å². The highest BCUT2D eigenvalue weighted by molar-refractivity contribution is 14.0. The van der Waals surface area contributed by atoms with E-state index >= 15 is 0 Å². The fourth-order valence-corrected chi connectivity index (χ4v) is 2.22. The summed E-state index contributed by atoms with van der Waals surface area (Å²) >= 11 is 0. The first-order chi connectivity index (χ1) is 13.2. The number of aliphatic hydroxyl groups is 1. The second-order valence-electron chi connectivity index (χ2n) is 6.21. The molecule has 7 nitrogen and oxygen atoms in total. The Hall–Kier alpha value is -2.02. The normalized spacial score (nSPS) is 13.9. The number of halogens is 4. The van der Waals surface area contributed by atoms with Gasteiger partial charge in [0.1, 0.15) is 11.4 Å². The summed E-state index contributed by atoms with van der Waals surface area (Å²) in [5.41, 5.74) is -0.614. The van der Waals surface area contributed by atoms with Crippen LogP contribution in [0.25, 0.3) is 0 Å². The number of alkyl halides is 3. The third-order valence-corrected chi connectivity index (χ3v) is 3.60. The highest BCUT2D eigenvalue weighted by Crippen LogP contribution is 2.20. The Balaban J connectivity index is 0.00000420. The molecule has 2 aromatic rings. The minimum absolute atomic E-state index is 0. The van der Waals surface area contributed by atoms with Gasteiger partial charge in [-0.25, -0.2) is 9.98 Å². The van der Waals surface area contributed by atoms with Gasteiger partial charge in [0.25, 0.3) is 0 Å². The van der Waals surface area contributed by atoms with Crippen LogP contribution in [0.5, 0.6) is 5.88 Å². The molecular formula is C18H24F3IN4O3. The van der Waals surface area contributed by atoms with Crippen LogP contribution < -0.4 is 15.4 Å². The van der Waals surface area contributed by atoms with Gasteiger partial charge < -0.3 is 24.9 Å². The van der Waals surface area contributed by atoms with Crippen LogP contribution in [0.1, 0.15) is 25.2 Å². The maximum atomic E-state index is 12.2. The molecule has 0 radical (unpaired) electrons. The van der Waals surface area contributed by atoms with Crippen molar-refractivity contribution in [2.24, 2.45) is 4.99 Å². The molecule has 0 amide bonds. The van der Waals surface area contributed by atoms with Crippen LogP contribution >= 0.6 is 24.0 Å². The van der Waals surface area contributed by atoms with E-state index in [0.717, 1.165) is 0 Å². The molecule has 162 valence electrons. The van der Waals surface area contributed by atoms with Crippen LogP contribution in [0.15, 0.2) is 46.1 Å². The number of guanidine groups is 1. The van der Waals surface area contributed by atoms with Crippen molar-refractivity contribution in [2.75, 3.05) is 19.7 Å². The monoisotopic (exact) mass is 528 g/mol. The third kappa shape index (κ3) is 8.90. The predicted molar refractivity (Wildman–Crippen MR) is 112 cm³/mol. The van der Waals surface area contributed by atoms with Gasteiger partial charge in [0.05, 0.1) is 19.4 Å². The first-order valence-electron chi connectivity index (χ1n) is 8.62. The van der Waals surface area contributed by atoms with E-state index in [1.54, 1.807) is 25.1 Å². The zero-order valence-electron chi connectivity index (χ0n) is 16.0. The SMILES string of the molecule is CCNC(=NCc1ccnc(OCC(F)(F)F)c1)NCC(C)(O)c1ccco1.I. The van der Waals surface area contributed by atoms with E-state index < -0.39 is 18.4 Å². The van der Waals surface area contributed by atoms with E-state index in [1.807, 2.05) is 6.92 Å². The van der Waals surface area contributed by atoms with Crippen molar-refractivity contribution >= 4 is 29.9 Å². The van der Waals surface area contributed by atoms with E-state index in [1.165, 1.54) is 18.5 Å². The summed E-state index contributed by atoms with van der Waals surface area (Å²) in [6.07, 6.45) is -1.59. The van der Waals surface area contributed by atoms with Gasteiger partial charge in [-0.15, -0.1) is 24.0 Å². The van der Waals surface area contributed by atoms with Crippen LogP contribution in [0.3, 0.4) is 0 Å². The molecule has 1 atom stereocenters. The lowest BCUT2D eigenvalue weighted by Gasteiger charge is -2.22. The quantitative estimate of drug-likeness (QED) is 0.277. The maximum Gasteiger partial charge on any atom is 0.422 e. The summed E-state index contributed by atoms with van der Waals surface area (Å²) in [7, 11) is 0. The van der Waals surface area contributed by atoms with E-state index in [4.69, 9.17) is 4.42 Å². The third-order valence-electron chi connectivity index (χ3n) is 3.60. The molecule has 2 rings (SSSR count). The van der Waals surface area contributed by atoms with Gasteiger partial charge in [0, 0.05) is 18.8 Å². The van der Waals surface area contributed by atoms with E-state index in [0.29, 0.717) is 23.8 Å². The zero-order chi connectivity index (χ0) is 20.6. The number of hydrogen-bond donors (Lipinski definition) is 3. The van der Waals surface area contributed by atoms with Gasteiger partial charge in [-0.05, 0) is 37.6 Å². The largest absolute Gasteiger partial charge is 0.468 e. The lowest BCUT2D eigenvalue weighted by molar-refractivity contribution is -0.154. The Kier molecular flexibility index (Phi) is 9.70. The molecular weight excluding hydrogens is 504 g/mol. The maximum absolute atomic E-state index is 12.2. The van der Waals surface area contributed by atoms with Gasteiger partial charge in [0.2, 0.25) is 5.88 Å². The number of pyridine rings is 1. The fraction of sp³-hybridized carbons (Fsp3) is 0.444. The Labute approximate surface area is 183 Å². The summed E-state index contributed by atoms with van der Waals surface area (Å²) in [4.78, 5) is 8.12. The molecule has 2 heterocycles. The Morgan fingerprint density at radius 1 is 1.31 bits per heavy atom. The first kappa shape index (κ1) is 25.0. The number of nitrogens with zero attached hydrogens (tertiary/aromatic N) is 2. The van der Waals surface area contributed by atoms with Crippen molar-refractivity contribution in [1.29, 1.82) is 0 Å². The molecule has 29 heavy (non-hydrogen) atoms. The van der Waals surface area contributed by atoms with Crippen LogP contribution in [0.2, 0.25) is 0 Å². The second kappa shape index (κ2) is 11.2. The summed E-state index contributed by atoms with van der Waals surface area (Å²) in [5.74, 6) is 0.726. The number of furan rings is 1. The molecule has 11 heteroatoms. The van der Waals surface area contributed by atoms with Gasteiger partial charge in [-0.1, -0.05) is 0 Å². The van der Waals surface area contributed by atoms with Crippen molar-refractivity contribution in [1.82, 2.24) is 15.6 Å². The van der Waals surface area contributed by atoms with Crippen molar-refractivity contribution in [3.63, 3.8) is 0 Å². The topological polar surface area (TPSA) is 91.9 Å². The Morgan fingerprint density at radius 2 is 2.07 bits per heavy atom. The van der Waals surface area contributed by atoms with Gasteiger partial charge in [-0.2, -0.15) is 13.2 Å². The predicted octanol–water partition coefficient (Wildman–Crippen LogP) is 3.20. The second-order valence-corrected chi connectivity index (χ2v) is 6.21. The number of rotatable bonds is 8. The van der Waals surface area contributed by atoms with Crippen LogP contribution in [0.4, 0.5) is 13.2 Å². The number of nitrogens with one attached hydrogen (secondary N) is 2. The molecule has 0 spiro atoms. The number of hydrogen-bond acceptors (Lipinski definition) is 5. The van der Waals surface area contributed by atoms with E-state index in [-0.39, 0.29) is 42.9 Å². The number of aromatic nitrogens is 1. The van der Waals surface area contributed by atoms with Crippen LogP contribution in [-0.4, -0.2) is 41.9 Å². The smallest absolute Gasteiger partial charge is 0.422 e. The molecule has 0 aromatic carbocycles. The molecule has 0 aliphatic rings. The number of ether oxygens (including phenoxy) is 1. The first-order valence-corrected chi connectivity index (χ1v) is 8.62. The minimum atomic E-state index is -4.43. The van der Waals surface area contributed by atoms with E-state index in [2.05, 4.69) is 25.3 Å². The van der Waals surface area contributed by atoms with Crippen molar-refractivity contribution in [2.45, 2.75) is 32.2 Å². The van der Waals surface area contributed by atoms with Gasteiger partial charge in [-0.3, -0.25) is 0 Å². The summed E-state index contributed by atoms with van der Waals surface area (Å²) < 4.78 is 46.6. The molecule has 0 bridgehead atoms. The average molecular weight is 528 g/mol. The highest BCUT2D eigenvalue weighted by atomic mass is 127. The summed E-state index contributed by atoms with van der Waals surface area (Å²) in [5, 5.41) is 16.5. The van der Waals surface area contributed by atoms with Gasteiger partial charge >= 0.3 is 6.18 Å². The molecule has 3 N–H and O–H groups in total. The Bertz CT molecular complexity index is 768. The van der Waals surface area contributed by atoms with E-state index in [9.17, 15) is 18.3 Å². The summed E-state index contributed by atoms with van der Waals surface area (Å²) in [6.45, 7) is 3.00. The van der Waals surface area contributed by atoms with Crippen molar-refractivity contribution in [3.05, 3.63) is 48.0 Å². The number of aliphatic imine (C=N–C) groups is 1. The van der Waals surface area contributed by atoms with Crippen molar-refractivity contribution in [3.8, 4) is 5.88 Å².